The zero-order chi connectivity index (χ0) is 36.7. The Kier molecular flexibility index (Phi) is 15.9. The van der Waals surface area contributed by atoms with Crippen molar-refractivity contribution >= 4 is 46.8 Å². The first-order valence-corrected chi connectivity index (χ1v) is 18.5. The Morgan fingerprint density at radius 1 is 0.940 bits per heavy atom. The monoisotopic (exact) mass is 729 g/mol. The molecule has 0 fully saturated rings. The standard InChI is InChI=1S/C35H51N7O6S2/c1-23(2)31-39-27(21-49-31)19-42(7)32(44)41-29(15-16-37-33(45)48-35(4,5)6)30(43)38-24(3)13-14-26(17-25-11-9-8-10-12-25)40-34(46)47-20-28-18-36-22-50-28/h8-12,18,21-24,26,29H,13-17,19-20H2,1-7H3,(H,37,45)(H,38,43)(H,40,46)(H,41,44). The maximum atomic E-state index is 13.6. The molecule has 2 heterocycles. The summed E-state index contributed by atoms with van der Waals surface area (Å²) in [6.07, 6.45) is 2.33. The van der Waals surface area contributed by atoms with Gasteiger partial charge in [-0.3, -0.25) is 9.78 Å². The molecule has 0 bridgehead atoms. The van der Waals surface area contributed by atoms with E-state index in [0.717, 1.165) is 21.1 Å². The summed E-state index contributed by atoms with van der Waals surface area (Å²) in [5.41, 5.74) is 2.83. The molecule has 0 aliphatic carbocycles. The summed E-state index contributed by atoms with van der Waals surface area (Å²) in [5, 5.41) is 14.4. The molecule has 0 spiro atoms. The van der Waals surface area contributed by atoms with Crippen molar-refractivity contribution in [3.63, 3.8) is 0 Å². The van der Waals surface area contributed by atoms with E-state index in [0.29, 0.717) is 19.3 Å². The van der Waals surface area contributed by atoms with Gasteiger partial charge in [0.1, 0.15) is 18.2 Å². The number of carbonyl (C=O) groups excluding carboxylic acids is 4. The van der Waals surface area contributed by atoms with Gasteiger partial charge in [-0.1, -0.05) is 44.2 Å². The van der Waals surface area contributed by atoms with Crippen LogP contribution in [0.2, 0.25) is 0 Å². The van der Waals surface area contributed by atoms with Crippen LogP contribution in [0.4, 0.5) is 14.4 Å². The zero-order valence-electron chi connectivity index (χ0n) is 30.0. The lowest BCUT2D eigenvalue weighted by molar-refractivity contribution is -0.123. The third-order valence-corrected chi connectivity index (χ3v) is 9.28. The maximum Gasteiger partial charge on any atom is 0.407 e. The molecule has 15 heteroatoms. The first kappa shape index (κ1) is 40.2. The molecule has 3 aromatic rings. The molecule has 3 unspecified atom stereocenters. The van der Waals surface area contributed by atoms with E-state index in [2.05, 4.69) is 45.1 Å². The maximum absolute atomic E-state index is 13.6. The van der Waals surface area contributed by atoms with Crippen LogP contribution >= 0.6 is 22.7 Å². The number of hydrogen-bond acceptors (Lipinski definition) is 10. The molecular weight excluding hydrogens is 679 g/mol. The van der Waals surface area contributed by atoms with Gasteiger partial charge in [-0.05, 0) is 58.9 Å². The van der Waals surface area contributed by atoms with Gasteiger partial charge in [0.15, 0.2) is 0 Å². The number of nitrogens with zero attached hydrogens (tertiary/aromatic N) is 3. The number of benzene rings is 1. The van der Waals surface area contributed by atoms with E-state index in [-0.39, 0.29) is 44.1 Å². The predicted molar refractivity (Wildman–Crippen MR) is 195 cm³/mol. The molecule has 50 heavy (non-hydrogen) atoms. The number of carbonyl (C=O) groups is 4. The average Bonchev–Trinajstić information content (AvgIpc) is 3.74. The van der Waals surface area contributed by atoms with Gasteiger partial charge in [-0.15, -0.1) is 22.7 Å². The summed E-state index contributed by atoms with van der Waals surface area (Å²) in [6, 6.07) is 7.88. The van der Waals surface area contributed by atoms with Crippen molar-refractivity contribution in [3.8, 4) is 0 Å². The number of rotatable bonds is 17. The number of nitrogens with one attached hydrogen (secondary N) is 4. The van der Waals surface area contributed by atoms with Crippen LogP contribution in [0.5, 0.6) is 0 Å². The second kappa shape index (κ2) is 19.8. The van der Waals surface area contributed by atoms with Gasteiger partial charge < -0.3 is 35.6 Å². The number of ether oxygens (including phenoxy) is 2. The molecule has 3 rings (SSSR count). The fraction of sp³-hybridized carbons (Fsp3) is 0.543. The van der Waals surface area contributed by atoms with E-state index in [1.54, 1.807) is 50.9 Å². The minimum atomic E-state index is -0.941. The Labute approximate surface area is 302 Å². The largest absolute Gasteiger partial charge is 0.444 e. The summed E-state index contributed by atoms with van der Waals surface area (Å²) in [5.74, 6) is -0.106. The molecular formula is C35H51N7O6S2. The van der Waals surface area contributed by atoms with Gasteiger partial charge in [-0.2, -0.15) is 0 Å². The van der Waals surface area contributed by atoms with E-state index >= 15 is 0 Å². The van der Waals surface area contributed by atoms with Crippen LogP contribution in [-0.4, -0.2) is 76.3 Å². The van der Waals surface area contributed by atoms with Crippen LogP contribution in [0.15, 0.2) is 47.4 Å². The second-order valence-electron chi connectivity index (χ2n) is 13.5. The van der Waals surface area contributed by atoms with E-state index in [1.165, 1.54) is 16.2 Å². The molecule has 0 saturated heterocycles. The zero-order valence-corrected chi connectivity index (χ0v) is 31.6. The number of hydrogen-bond donors (Lipinski definition) is 4. The summed E-state index contributed by atoms with van der Waals surface area (Å²) in [7, 11) is 1.64. The van der Waals surface area contributed by atoms with Gasteiger partial charge in [0, 0.05) is 43.2 Å². The summed E-state index contributed by atoms with van der Waals surface area (Å²) >= 11 is 2.96. The lowest BCUT2D eigenvalue weighted by Crippen LogP contribution is -2.53. The van der Waals surface area contributed by atoms with E-state index in [9.17, 15) is 19.2 Å². The van der Waals surface area contributed by atoms with Gasteiger partial charge in [0.2, 0.25) is 5.91 Å². The van der Waals surface area contributed by atoms with Crippen molar-refractivity contribution in [2.45, 2.75) is 110 Å². The molecule has 0 saturated carbocycles. The number of thiazole rings is 2. The van der Waals surface area contributed by atoms with Crippen molar-refractivity contribution in [3.05, 3.63) is 68.6 Å². The van der Waals surface area contributed by atoms with Crippen molar-refractivity contribution < 1.29 is 28.7 Å². The highest BCUT2D eigenvalue weighted by Gasteiger charge is 2.26. The fourth-order valence-corrected chi connectivity index (χ4v) is 6.12. The quantitative estimate of drug-likeness (QED) is 0.132. The van der Waals surface area contributed by atoms with E-state index < -0.39 is 35.8 Å². The Morgan fingerprint density at radius 2 is 1.68 bits per heavy atom. The van der Waals surface area contributed by atoms with Crippen LogP contribution in [0, 0.1) is 0 Å². The van der Waals surface area contributed by atoms with Crippen molar-refractivity contribution in [2.75, 3.05) is 13.6 Å². The van der Waals surface area contributed by atoms with Crippen LogP contribution in [0.3, 0.4) is 0 Å². The lowest BCUT2D eigenvalue weighted by Gasteiger charge is -2.26. The number of amides is 5. The number of aromatic nitrogens is 2. The Bertz CT molecular complexity index is 1490. The molecule has 2 aromatic heterocycles. The fourth-order valence-electron chi connectivity index (χ4n) is 4.79. The normalized spacial score (nSPS) is 13.1. The van der Waals surface area contributed by atoms with E-state index in [4.69, 9.17) is 9.47 Å². The predicted octanol–water partition coefficient (Wildman–Crippen LogP) is 5.97. The molecule has 1 aromatic carbocycles. The highest BCUT2D eigenvalue weighted by molar-refractivity contribution is 7.09. The van der Waals surface area contributed by atoms with Crippen LogP contribution in [-0.2, 0) is 33.8 Å². The molecule has 3 atom stereocenters. The van der Waals surface area contributed by atoms with Crippen LogP contribution < -0.4 is 21.3 Å². The second-order valence-corrected chi connectivity index (χ2v) is 15.3. The van der Waals surface area contributed by atoms with Crippen LogP contribution in [0.25, 0.3) is 0 Å². The molecule has 13 nitrogen and oxygen atoms in total. The van der Waals surface area contributed by atoms with Crippen molar-refractivity contribution in [1.29, 1.82) is 0 Å². The minimum absolute atomic E-state index is 0.0991. The first-order valence-electron chi connectivity index (χ1n) is 16.8. The summed E-state index contributed by atoms with van der Waals surface area (Å²) in [4.78, 5) is 62.7. The highest BCUT2D eigenvalue weighted by Crippen LogP contribution is 2.20. The minimum Gasteiger partial charge on any atom is -0.444 e. The summed E-state index contributed by atoms with van der Waals surface area (Å²) < 4.78 is 10.7. The highest BCUT2D eigenvalue weighted by atomic mass is 32.1. The number of urea groups is 1. The molecule has 0 aliphatic rings. The van der Waals surface area contributed by atoms with Crippen molar-refractivity contribution in [2.24, 2.45) is 0 Å². The average molecular weight is 730 g/mol. The smallest absolute Gasteiger partial charge is 0.407 e. The van der Waals surface area contributed by atoms with Gasteiger partial charge in [-0.25, -0.2) is 19.4 Å². The third kappa shape index (κ3) is 15.1. The molecule has 5 amide bonds. The topological polar surface area (TPSA) is 164 Å². The molecule has 274 valence electrons. The van der Waals surface area contributed by atoms with E-state index in [1.807, 2.05) is 42.6 Å². The number of alkyl carbamates (subject to hydrolysis) is 2. The van der Waals surface area contributed by atoms with Gasteiger partial charge in [0.25, 0.3) is 0 Å². The molecule has 0 radical (unpaired) electrons. The lowest BCUT2D eigenvalue weighted by atomic mass is 9.99. The SMILES string of the molecule is CC(CCC(Cc1ccccc1)NC(=O)OCc1cncs1)NC(=O)C(CCNC(=O)OC(C)(C)C)NC(=O)N(C)Cc1csc(C(C)C)n1. The Hall–Kier alpha value is -4.24. The molecule has 4 N–H and O–H groups in total. The first-order chi connectivity index (χ1) is 23.7. The van der Waals surface area contributed by atoms with Crippen molar-refractivity contribution in [1.82, 2.24) is 36.1 Å². The molecule has 0 aliphatic heterocycles. The third-order valence-electron chi connectivity index (χ3n) is 7.34. The Balaban J connectivity index is 1.61. The van der Waals surface area contributed by atoms with Gasteiger partial charge >= 0.3 is 18.2 Å². The summed E-state index contributed by atoms with van der Waals surface area (Å²) in [6.45, 7) is 11.8. The Morgan fingerprint density at radius 3 is 2.32 bits per heavy atom. The van der Waals surface area contributed by atoms with Crippen LogP contribution in [0.1, 0.15) is 87.9 Å². The van der Waals surface area contributed by atoms with Gasteiger partial charge in [0.05, 0.1) is 27.6 Å².